The smallest absolute Gasteiger partial charge is 0.161 e. The summed E-state index contributed by atoms with van der Waals surface area (Å²) in [4.78, 5) is 2.31. The van der Waals surface area contributed by atoms with Gasteiger partial charge in [-0.2, -0.15) is 0 Å². The quantitative estimate of drug-likeness (QED) is 0.795. The summed E-state index contributed by atoms with van der Waals surface area (Å²) in [6, 6.07) is 6.22. The van der Waals surface area contributed by atoms with E-state index in [4.69, 9.17) is 15.2 Å². The molecule has 2 atom stereocenters. The fourth-order valence-corrected chi connectivity index (χ4v) is 2.38. The number of methoxy groups -OCH3 is 2. The highest BCUT2D eigenvalue weighted by molar-refractivity contribution is 5.43. The predicted molar refractivity (Wildman–Crippen MR) is 83.4 cm³/mol. The van der Waals surface area contributed by atoms with Crippen LogP contribution in [0.15, 0.2) is 18.2 Å². The minimum Gasteiger partial charge on any atom is -0.493 e. The molecule has 2 N–H and O–H groups in total. The highest BCUT2D eigenvalue weighted by Gasteiger charge is 2.18. The first kappa shape index (κ1) is 16.8. The first-order valence-electron chi connectivity index (χ1n) is 7.19. The molecule has 4 nitrogen and oxygen atoms in total. The van der Waals surface area contributed by atoms with Crippen molar-refractivity contribution in [2.75, 3.05) is 34.4 Å². The fourth-order valence-electron chi connectivity index (χ4n) is 2.38. The molecule has 0 aliphatic heterocycles. The van der Waals surface area contributed by atoms with Crippen LogP contribution < -0.4 is 15.2 Å². The van der Waals surface area contributed by atoms with Crippen LogP contribution in [0, 0.1) is 5.92 Å². The largest absolute Gasteiger partial charge is 0.493 e. The Balaban J connectivity index is 2.94. The van der Waals surface area contributed by atoms with Gasteiger partial charge in [0.15, 0.2) is 11.5 Å². The van der Waals surface area contributed by atoms with E-state index < -0.39 is 0 Å². The molecule has 4 heteroatoms. The van der Waals surface area contributed by atoms with Gasteiger partial charge < -0.3 is 15.2 Å². The van der Waals surface area contributed by atoms with Gasteiger partial charge in [0.25, 0.3) is 0 Å². The molecule has 20 heavy (non-hydrogen) atoms. The fraction of sp³-hybridized carbons (Fsp3) is 0.625. The number of nitrogens with two attached hydrogens (primary N) is 1. The summed E-state index contributed by atoms with van der Waals surface area (Å²) in [5, 5.41) is 0. The standard InChI is InChI=1S/C16H28N2O2/c1-6-12(2)11-18(3)14(10-17)13-7-8-15(19-4)16(9-13)20-5/h7-9,12,14H,6,10-11,17H2,1-5H3. The lowest BCUT2D eigenvalue weighted by atomic mass is 10.0. The van der Waals surface area contributed by atoms with Crippen molar-refractivity contribution < 1.29 is 9.47 Å². The van der Waals surface area contributed by atoms with Crippen LogP contribution in [-0.4, -0.2) is 39.3 Å². The first-order chi connectivity index (χ1) is 9.57. The minimum atomic E-state index is 0.198. The maximum absolute atomic E-state index is 5.97. The number of hydrogen-bond donors (Lipinski definition) is 1. The number of hydrogen-bond acceptors (Lipinski definition) is 4. The number of nitrogens with zero attached hydrogens (tertiary/aromatic N) is 1. The highest BCUT2D eigenvalue weighted by atomic mass is 16.5. The van der Waals surface area contributed by atoms with E-state index in [0.717, 1.165) is 23.6 Å². The summed E-state index contributed by atoms with van der Waals surface area (Å²) >= 11 is 0. The van der Waals surface area contributed by atoms with Crippen LogP contribution in [0.1, 0.15) is 31.9 Å². The highest BCUT2D eigenvalue weighted by Crippen LogP contribution is 2.31. The Bertz CT molecular complexity index is 409. The Kier molecular flexibility index (Phi) is 6.82. The minimum absolute atomic E-state index is 0.198. The van der Waals surface area contributed by atoms with Crippen LogP contribution in [0.25, 0.3) is 0 Å². The van der Waals surface area contributed by atoms with Gasteiger partial charge in [-0.1, -0.05) is 26.3 Å². The zero-order chi connectivity index (χ0) is 15.1. The number of ether oxygens (including phenoxy) is 2. The van der Waals surface area contributed by atoms with Crippen molar-refractivity contribution in [3.8, 4) is 11.5 Å². The summed E-state index contributed by atoms with van der Waals surface area (Å²) in [7, 11) is 5.43. The van der Waals surface area contributed by atoms with E-state index in [9.17, 15) is 0 Å². The van der Waals surface area contributed by atoms with Crippen LogP contribution >= 0.6 is 0 Å². The molecule has 0 aromatic heterocycles. The van der Waals surface area contributed by atoms with Gasteiger partial charge in [0.1, 0.15) is 0 Å². The second-order valence-corrected chi connectivity index (χ2v) is 5.32. The monoisotopic (exact) mass is 280 g/mol. The van der Waals surface area contributed by atoms with Gasteiger partial charge in [-0.25, -0.2) is 0 Å². The summed E-state index contributed by atoms with van der Waals surface area (Å²) in [6.45, 7) is 6.10. The van der Waals surface area contributed by atoms with E-state index in [1.807, 2.05) is 12.1 Å². The van der Waals surface area contributed by atoms with E-state index in [2.05, 4.69) is 31.9 Å². The second-order valence-electron chi connectivity index (χ2n) is 5.32. The molecule has 0 radical (unpaired) electrons. The Labute approximate surface area is 122 Å². The van der Waals surface area contributed by atoms with Gasteiger partial charge in [0, 0.05) is 19.1 Å². The molecule has 0 spiro atoms. The van der Waals surface area contributed by atoms with Gasteiger partial charge >= 0.3 is 0 Å². The molecule has 1 aromatic carbocycles. The van der Waals surface area contributed by atoms with Crippen LogP contribution in [0.3, 0.4) is 0 Å². The molecule has 0 amide bonds. The molecular formula is C16H28N2O2. The molecule has 0 heterocycles. The summed E-state index contributed by atoms with van der Waals surface area (Å²) in [5.74, 6) is 2.16. The zero-order valence-corrected chi connectivity index (χ0v) is 13.3. The molecule has 114 valence electrons. The molecule has 1 aromatic rings. The van der Waals surface area contributed by atoms with E-state index in [1.54, 1.807) is 14.2 Å². The SMILES string of the molecule is CCC(C)CN(C)C(CN)c1ccc(OC)c(OC)c1. The van der Waals surface area contributed by atoms with Gasteiger partial charge in [-0.05, 0) is 30.7 Å². The topological polar surface area (TPSA) is 47.7 Å². The lowest BCUT2D eigenvalue weighted by Crippen LogP contribution is -2.33. The molecule has 2 unspecified atom stereocenters. The van der Waals surface area contributed by atoms with Gasteiger partial charge in [-0.3, -0.25) is 4.90 Å². The van der Waals surface area contributed by atoms with E-state index in [0.29, 0.717) is 12.5 Å². The van der Waals surface area contributed by atoms with Crippen molar-refractivity contribution in [2.45, 2.75) is 26.3 Å². The number of likely N-dealkylation sites (N-methyl/N-ethyl adjacent to an activating group) is 1. The third-order valence-electron chi connectivity index (χ3n) is 3.84. The van der Waals surface area contributed by atoms with Crippen molar-refractivity contribution in [1.82, 2.24) is 4.90 Å². The van der Waals surface area contributed by atoms with Crippen molar-refractivity contribution >= 4 is 0 Å². The van der Waals surface area contributed by atoms with E-state index >= 15 is 0 Å². The van der Waals surface area contributed by atoms with Gasteiger partial charge in [-0.15, -0.1) is 0 Å². The van der Waals surface area contributed by atoms with Gasteiger partial charge in [0.05, 0.1) is 14.2 Å². The molecule has 0 bridgehead atoms. The Morgan fingerprint density at radius 3 is 2.35 bits per heavy atom. The summed E-state index contributed by atoms with van der Waals surface area (Å²) in [5.41, 5.74) is 7.13. The molecular weight excluding hydrogens is 252 g/mol. The van der Waals surface area contributed by atoms with Crippen LogP contribution in [-0.2, 0) is 0 Å². The maximum atomic E-state index is 5.97. The first-order valence-corrected chi connectivity index (χ1v) is 7.19. The van der Waals surface area contributed by atoms with Crippen LogP contribution in [0.4, 0.5) is 0 Å². The van der Waals surface area contributed by atoms with Crippen molar-refractivity contribution in [3.05, 3.63) is 23.8 Å². The Morgan fingerprint density at radius 1 is 1.20 bits per heavy atom. The normalized spacial score (nSPS) is 14.2. The Hall–Kier alpha value is -1.26. The van der Waals surface area contributed by atoms with Crippen molar-refractivity contribution in [1.29, 1.82) is 0 Å². The molecule has 0 saturated heterocycles. The lowest BCUT2D eigenvalue weighted by molar-refractivity contribution is 0.214. The molecule has 0 fully saturated rings. The molecule has 0 aliphatic rings. The van der Waals surface area contributed by atoms with Gasteiger partial charge in [0.2, 0.25) is 0 Å². The average molecular weight is 280 g/mol. The number of benzene rings is 1. The third-order valence-corrected chi connectivity index (χ3v) is 3.84. The van der Waals surface area contributed by atoms with Crippen LogP contribution in [0.5, 0.6) is 11.5 Å². The Morgan fingerprint density at radius 2 is 1.85 bits per heavy atom. The van der Waals surface area contributed by atoms with Crippen molar-refractivity contribution in [3.63, 3.8) is 0 Å². The summed E-state index contributed by atoms with van der Waals surface area (Å²) < 4.78 is 10.6. The van der Waals surface area contributed by atoms with Crippen molar-refractivity contribution in [2.24, 2.45) is 11.7 Å². The van der Waals surface area contributed by atoms with E-state index in [1.165, 1.54) is 6.42 Å². The lowest BCUT2D eigenvalue weighted by Gasteiger charge is -2.30. The molecule has 0 aliphatic carbocycles. The predicted octanol–water partition coefficient (Wildman–Crippen LogP) is 2.68. The number of rotatable bonds is 8. The third kappa shape index (κ3) is 4.12. The maximum Gasteiger partial charge on any atom is 0.161 e. The van der Waals surface area contributed by atoms with Crippen LogP contribution in [0.2, 0.25) is 0 Å². The average Bonchev–Trinajstić information content (AvgIpc) is 2.47. The van der Waals surface area contributed by atoms with E-state index in [-0.39, 0.29) is 6.04 Å². The zero-order valence-electron chi connectivity index (χ0n) is 13.3. The molecule has 1 rings (SSSR count). The summed E-state index contributed by atoms with van der Waals surface area (Å²) in [6.07, 6.45) is 1.17. The second kappa shape index (κ2) is 8.12. The molecule has 0 saturated carbocycles.